The van der Waals surface area contributed by atoms with Gasteiger partial charge in [-0.05, 0) is 55.0 Å². The molecule has 0 aliphatic carbocycles. The zero-order chi connectivity index (χ0) is 15.7. The molecule has 2 N–H and O–H groups in total. The van der Waals surface area contributed by atoms with E-state index in [9.17, 15) is 8.42 Å². The average molecular weight is 310 g/mol. The van der Waals surface area contributed by atoms with Gasteiger partial charge in [0, 0.05) is 6.54 Å². The van der Waals surface area contributed by atoms with Crippen LogP contribution in [0.3, 0.4) is 0 Å². The Morgan fingerprint density at radius 3 is 2.62 bits per heavy atom. The molecule has 1 aliphatic rings. The Bertz CT molecular complexity index is 597. The van der Waals surface area contributed by atoms with Crippen LogP contribution < -0.4 is 10.0 Å². The molecule has 1 aromatic rings. The molecule has 4 nitrogen and oxygen atoms in total. The number of aryl methyl sites for hydroxylation is 1. The maximum Gasteiger partial charge on any atom is 0.240 e. The van der Waals surface area contributed by atoms with Crippen LogP contribution in [0.25, 0.3) is 0 Å². The van der Waals surface area contributed by atoms with E-state index in [2.05, 4.69) is 30.8 Å². The van der Waals surface area contributed by atoms with E-state index in [1.807, 2.05) is 25.1 Å². The van der Waals surface area contributed by atoms with E-state index in [-0.39, 0.29) is 5.41 Å². The number of nitrogens with one attached hydrogen (secondary N) is 2. The zero-order valence-electron chi connectivity index (χ0n) is 13.4. The standard InChI is InChI=1S/C16H26N2O2S/c1-12-5-6-14(16(2,3)4)9-15(12)21(19,20)18-11-13-7-8-17-10-13/h5-6,9,13,17-18H,7-8,10-11H2,1-4H3. The van der Waals surface area contributed by atoms with Crippen molar-refractivity contribution in [1.82, 2.24) is 10.0 Å². The lowest BCUT2D eigenvalue weighted by molar-refractivity contribution is 0.537. The highest BCUT2D eigenvalue weighted by atomic mass is 32.2. The van der Waals surface area contributed by atoms with Gasteiger partial charge in [-0.1, -0.05) is 32.9 Å². The van der Waals surface area contributed by atoms with Gasteiger partial charge in [0.05, 0.1) is 4.90 Å². The van der Waals surface area contributed by atoms with E-state index in [1.54, 1.807) is 0 Å². The molecular formula is C16H26N2O2S. The van der Waals surface area contributed by atoms with Crippen molar-refractivity contribution >= 4 is 10.0 Å². The minimum absolute atomic E-state index is 0.0622. The summed E-state index contributed by atoms with van der Waals surface area (Å²) < 4.78 is 27.9. The molecule has 2 rings (SSSR count). The van der Waals surface area contributed by atoms with Gasteiger partial charge in [-0.15, -0.1) is 0 Å². The smallest absolute Gasteiger partial charge is 0.240 e. The Hall–Kier alpha value is -0.910. The number of sulfonamides is 1. The highest BCUT2D eigenvalue weighted by molar-refractivity contribution is 7.89. The fraction of sp³-hybridized carbons (Fsp3) is 0.625. The lowest BCUT2D eigenvalue weighted by Crippen LogP contribution is -2.31. The van der Waals surface area contributed by atoms with Gasteiger partial charge in [0.15, 0.2) is 0 Å². The van der Waals surface area contributed by atoms with Crippen LogP contribution in [0, 0.1) is 12.8 Å². The van der Waals surface area contributed by atoms with Crippen molar-refractivity contribution in [2.45, 2.75) is 44.4 Å². The van der Waals surface area contributed by atoms with E-state index >= 15 is 0 Å². The fourth-order valence-electron chi connectivity index (χ4n) is 2.55. The highest BCUT2D eigenvalue weighted by Gasteiger charge is 2.23. The van der Waals surface area contributed by atoms with Crippen LogP contribution >= 0.6 is 0 Å². The summed E-state index contributed by atoms with van der Waals surface area (Å²) in [6.45, 7) is 10.5. The van der Waals surface area contributed by atoms with E-state index in [1.165, 1.54) is 0 Å². The second-order valence-corrected chi connectivity index (χ2v) is 8.68. The molecule has 0 spiro atoms. The van der Waals surface area contributed by atoms with Crippen molar-refractivity contribution in [2.24, 2.45) is 5.92 Å². The molecule has 118 valence electrons. The Morgan fingerprint density at radius 2 is 2.05 bits per heavy atom. The summed E-state index contributed by atoms with van der Waals surface area (Å²) in [7, 11) is -3.44. The molecule has 5 heteroatoms. The third kappa shape index (κ3) is 4.05. The molecular weight excluding hydrogens is 284 g/mol. The zero-order valence-corrected chi connectivity index (χ0v) is 14.2. The summed E-state index contributed by atoms with van der Waals surface area (Å²) >= 11 is 0. The largest absolute Gasteiger partial charge is 0.316 e. The van der Waals surface area contributed by atoms with Crippen molar-refractivity contribution in [2.75, 3.05) is 19.6 Å². The van der Waals surface area contributed by atoms with Crippen LogP contribution in [0.5, 0.6) is 0 Å². The normalized spacial score (nSPS) is 19.9. The van der Waals surface area contributed by atoms with E-state index < -0.39 is 10.0 Å². The molecule has 0 bridgehead atoms. The number of hydrogen-bond donors (Lipinski definition) is 2. The Morgan fingerprint density at radius 1 is 1.33 bits per heavy atom. The molecule has 1 fully saturated rings. The SMILES string of the molecule is Cc1ccc(C(C)(C)C)cc1S(=O)(=O)NCC1CCNC1. The molecule has 1 atom stereocenters. The molecule has 1 aromatic carbocycles. The molecule has 1 heterocycles. The lowest BCUT2D eigenvalue weighted by Gasteiger charge is -2.21. The van der Waals surface area contributed by atoms with Crippen molar-refractivity contribution in [3.05, 3.63) is 29.3 Å². The number of rotatable bonds is 4. The van der Waals surface area contributed by atoms with E-state index in [0.717, 1.165) is 30.6 Å². The van der Waals surface area contributed by atoms with Crippen LogP contribution in [0.1, 0.15) is 38.3 Å². The lowest BCUT2D eigenvalue weighted by atomic mass is 9.87. The second kappa shape index (κ2) is 6.07. The fourth-order valence-corrected chi connectivity index (χ4v) is 3.93. The Kier molecular flexibility index (Phi) is 4.76. The monoisotopic (exact) mass is 310 g/mol. The predicted molar refractivity (Wildman–Crippen MR) is 86.0 cm³/mol. The first kappa shape index (κ1) is 16.5. The molecule has 0 amide bonds. The molecule has 0 radical (unpaired) electrons. The maximum absolute atomic E-state index is 12.6. The Labute approximate surface area is 128 Å². The average Bonchev–Trinajstić information content (AvgIpc) is 2.88. The summed E-state index contributed by atoms with van der Waals surface area (Å²) in [5.74, 6) is 0.394. The molecule has 0 saturated carbocycles. The molecule has 1 saturated heterocycles. The number of benzene rings is 1. The quantitative estimate of drug-likeness (QED) is 0.896. The first-order valence-corrected chi connectivity index (χ1v) is 9.00. The van der Waals surface area contributed by atoms with Crippen molar-refractivity contribution < 1.29 is 8.42 Å². The second-order valence-electron chi connectivity index (χ2n) is 6.94. The van der Waals surface area contributed by atoms with E-state index in [0.29, 0.717) is 17.4 Å². The molecule has 1 aliphatic heterocycles. The predicted octanol–water partition coefficient (Wildman–Crippen LogP) is 2.18. The van der Waals surface area contributed by atoms with Gasteiger partial charge < -0.3 is 5.32 Å². The summed E-state index contributed by atoms with van der Waals surface area (Å²) in [4.78, 5) is 0.404. The summed E-state index contributed by atoms with van der Waals surface area (Å²) in [5, 5.41) is 3.25. The summed E-state index contributed by atoms with van der Waals surface area (Å²) in [5.41, 5.74) is 1.77. The number of hydrogen-bond acceptors (Lipinski definition) is 3. The third-order valence-electron chi connectivity index (χ3n) is 4.07. The minimum atomic E-state index is -3.44. The van der Waals surface area contributed by atoms with Gasteiger partial charge in [0.25, 0.3) is 0 Å². The highest BCUT2D eigenvalue weighted by Crippen LogP contribution is 2.26. The van der Waals surface area contributed by atoms with Crippen LogP contribution in [-0.4, -0.2) is 28.1 Å². The van der Waals surface area contributed by atoms with Gasteiger partial charge in [0.1, 0.15) is 0 Å². The van der Waals surface area contributed by atoms with Crippen molar-refractivity contribution in [3.8, 4) is 0 Å². The maximum atomic E-state index is 12.6. The van der Waals surface area contributed by atoms with Crippen molar-refractivity contribution in [1.29, 1.82) is 0 Å². The first-order valence-electron chi connectivity index (χ1n) is 7.52. The van der Waals surface area contributed by atoms with E-state index in [4.69, 9.17) is 0 Å². The molecule has 0 aromatic heterocycles. The van der Waals surface area contributed by atoms with Crippen LogP contribution in [0.15, 0.2) is 23.1 Å². The van der Waals surface area contributed by atoms with Crippen molar-refractivity contribution in [3.63, 3.8) is 0 Å². The minimum Gasteiger partial charge on any atom is -0.316 e. The van der Waals surface area contributed by atoms with Gasteiger partial charge in [-0.2, -0.15) is 0 Å². The summed E-state index contributed by atoms with van der Waals surface area (Å²) in [6, 6.07) is 5.71. The van der Waals surface area contributed by atoms with Crippen LogP contribution in [0.4, 0.5) is 0 Å². The van der Waals surface area contributed by atoms with Gasteiger partial charge in [-0.25, -0.2) is 13.1 Å². The first-order chi connectivity index (χ1) is 9.70. The third-order valence-corrected chi connectivity index (χ3v) is 5.63. The molecule has 21 heavy (non-hydrogen) atoms. The van der Waals surface area contributed by atoms with Gasteiger partial charge in [-0.3, -0.25) is 0 Å². The van der Waals surface area contributed by atoms with Gasteiger partial charge in [0.2, 0.25) is 10.0 Å². The van der Waals surface area contributed by atoms with Crippen LogP contribution in [0.2, 0.25) is 0 Å². The summed E-state index contributed by atoms with van der Waals surface area (Å²) in [6.07, 6.45) is 1.03. The van der Waals surface area contributed by atoms with Gasteiger partial charge >= 0.3 is 0 Å². The Balaban J connectivity index is 2.22. The molecule has 1 unspecified atom stereocenters. The van der Waals surface area contributed by atoms with Crippen LogP contribution in [-0.2, 0) is 15.4 Å². The topological polar surface area (TPSA) is 58.2 Å².